The summed E-state index contributed by atoms with van der Waals surface area (Å²) in [4.78, 5) is 27.5. The van der Waals surface area contributed by atoms with E-state index in [1.54, 1.807) is 17.8 Å². The van der Waals surface area contributed by atoms with E-state index in [-0.39, 0.29) is 11.7 Å². The molecule has 1 aliphatic heterocycles. The normalized spacial score (nSPS) is 15.9. The van der Waals surface area contributed by atoms with Gasteiger partial charge in [-0.2, -0.15) is 4.98 Å². The van der Waals surface area contributed by atoms with Crippen molar-refractivity contribution in [2.24, 2.45) is 0 Å². The first-order valence-electron chi connectivity index (χ1n) is 12.0. The third-order valence-corrected chi connectivity index (χ3v) is 6.43. The number of hydrogen-bond donors (Lipinski definition) is 2. The Bertz CT molecular complexity index is 1430. The predicted octanol–water partition coefficient (Wildman–Crippen LogP) is 3.56. The van der Waals surface area contributed by atoms with Crippen LogP contribution in [-0.4, -0.2) is 52.4 Å². The largest absolute Gasteiger partial charge is 0.376 e. The fourth-order valence-electron chi connectivity index (χ4n) is 4.59. The molecule has 8 nitrogen and oxygen atoms in total. The number of pyridine rings is 2. The van der Waals surface area contributed by atoms with Crippen LogP contribution in [-0.2, 0) is 11.3 Å². The van der Waals surface area contributed by atoms with Gasteiger partial charge in [0.1, 0.15) is 5.65 Å². The van der Waals surface area contributed by atoms with Crippen molar-refractivity contribution in [3.63, 3.8) is 0 Å². The molecule has 180 valence electrons. The molecule has 1 aromatic carbocycles. The molecule has 0 radical (unpaired) electrons. The maximum atomic E-state index is 13.8. The number of hydrogen-bond acceptors (Lipinski definition) is 7. The monoisotopic (exact) mass is 470 g/mol. The minimum absolute atomic E-state index is 0.0634. The third kappa shape index (κ3) is 4.80. The van der Waals surface area contributed by atoms with Crippen LogP contribution in [0.2, 0.25) is 0 Å². The molecule has 3 aromatic heterocycles. The Morgan fingerprint density at radius 1 is 1.14 bits per heavy atom. The van der Waals surface area contributed by atoms with Gasteiger partial charge in [-0.25, -0.2) is 4.98 Å². The zero-order chi connectivity index (χ0) is 24.4. The third-order valence-electron chi connectivity index (χ3n) is 6.43. The first-order valence-corrected chi connectivity index (χ1v) is 12.0. The fraction of sp³-hybridized carbons (Fsp3) is 0.333. The van der Waals surface area contributed by atoms with E-state index in [0.717, 1.165) is 53.0 Å². The number of benzene rings is 1. The van der Waals surface area contributed by atoms with Crippen molar-refractivity contribution in [3.8, 4) is 22.4 Å². The highest BCUT2D eigenvalue weighted by Gasteiger charge is 2.18. The summed E-state index contributed by atoms with van der Waals surface area (Å²) < 4.78 is 7.63. The summed E-state index contributed by atoms with van der Waals surface area (Å²) in [6.45, 7) is 6.87. The van der Waals surface area contributed by atoms with E-state index in [1.807, 2.05) is 50.2 Å². The van der Waals surface area contributed by atoms with Crippen LogP contribution in [0.25, 0.3) is 33.4 Å². The van der Waals surface area contributed by atoms with Crippen LogP contribution >= 0.6 is 0 Å². The topological polar surface area (TPSA) is 94.0 Å². The SMILES string of the molecule is CNc1ncc2cc(-c3ccc(-c4cccc(C)n4)cc3C)c(=O)n(CCC3CNCCO3)c2n1. The first-order chi connectivity index (χ1) is 17.0. The second-order valence-electron chi connectivity index (χ2n) is 8.92. The molecule has 0 amide bonds. The number of nitrogens with one attached hydrogen (secondary N) is 2. The molecule has 1 aliphatic rings. The predicted molar refractivity (Wildman–Crippen MR) is 139 cm³/mol. The fourth-order valence-corrected chi connectivity index (χ4v) is 4.59. The molecule has 0 bridgehead atoms. The summed E-state index contributed by atoms with van der Waals surface area (Å²) in [6.07, 6.45) is 2.57. The molecule has 4 heterocycles. The lowest BCUT2D eigenvalue weighted by Crippen LogP contribution is -2.39. The van der Waals surface area contributed by atoms with Crippen molar-refractivity contribution in [1.29, 1.82) is 0 Å². The molecule has 0 aliphatic carbocycles. The van der Waals surface area contributed by atoms with Crippen LogP contribution in [0.15, 0.2) is 53.5 Å². The van der Waals surface area contributed by atoms with Crippen LogP contribution in [0.5, 0.6) is 0 Å². The van der Waals surface area contributed by atoms with Crippen molar-refractivity contribution in [1.82, 2.24) is 24.8 Å². The number of nitrogens with zero attached hydrogens (tertiary/aromatic N) is 4. The Morgan fingerprint density at radius 2 is 2.03 bits per heavy atom. The number of fused-ring (bicyclic) bond motifs is 1. The van der Waals surface area contributed by atoms with Gasteiger partial charge in [-0.3, -0.25) is 14.3 Å². The lowest BCUT2D eigenvalue weighted by atomic mass is 9.97. The van der Waals surface area contributed by atoms with Gasteiger partial charge in [-0.1, -0.05) is 18.2 Å². The lowest BCUT2D eigenvalue weighted by molar-refractivity contribution is 0.0211. The van der Waals surface area contributed by atoms with Gasteiger partial charge in [-0.15, -0.1) is 0 Å². The van der Waals surface area contributed by atoms with Gasteiger partial charge in [0.2, 0.25) is 5.95 Å². The molecule has 0 saturated carbocycles. The number of morpholine rings is 1. The lowest BCUT2D eigenvalue weighted by Gasteiger charge is -2.24. The number of rotatable bonds is 6. The van der Waals surface area contributed by atoms with Crippen LogP contribution in [0.3, 0.4) is 0 Å². The molecule has 4 aromatic rings. The van der Waals surface area contributed by atoms with Crippen molar-refractivity contribution in [2.45, 2.75) is 32.9 Å². The molecular formula is C27H30N6O2. The van der Waals surface area contributed by atoms with E-state index in [9.17, 15) is 4.79 Å². The molecule has 35 heavy (non-hydrogen) atoms. The highest BCUT2D eigenvalue weighted by molar-refractivity contribution is 5.83. The zero-order valence-corrected chi connectivity index (χ0v) is 20.3. The standard InChI is InChI=1S/C27H30N6O2/c1-17-13-19(24-6-4-5-18(2)31-24)7-8-22(17)23-14-20-15-30-27(28-3)32-25(20)33(26(23)34)11-9-21-16-29-10-12-35-21/h4-8,13-15,21,29H,9-12,16H2,1-3H3,(H,28,30,32). The summed E-state index contributed by atoms with van der Waals surface area (Å²) in [7, 11) is 1.77. The van der Waals surface area contributed by atoms with E-state index in [4.69, 9.17) is 4.74 Å². The van der Waals surface area contributed by atoms with Crippen LogP contribution in [0.1, 0.15) is 17.7 Å². The van der Waals surface area contributed by atoms with Crippen LogP contribution in [0.4, 0.5) is 5.95 Å². The van der Waals surface area contributed by atoms with Gasteiger partial charge in [0, 0.05) is 55.1 Å². The molecular weight excluding hydrogens is 440 g/mol. The number of aryl methyl sites for hydroxylation is 3. The van der Waals surface area contributed by atoms with E-state index < -0.39 is 0 Å². The van der Waals surface area contributed by atoms with E-state index in [2.05, 4.69) is 31.7 Å². The number of ether oxygens (including phenoxy) is 1. The minimum atomic E-state index is -0.0634. The Kier molecular flexibility index (Phi) is 6.57. The quantitative estimate of drug-likeness (QED) is 0.445. The Hall–Kier alpha value is -3.62. The zero-order valence-electron chi connectivity index (χ0n) is 20.3. The molecule has 2 N–H and O–H groups in total. The maximum Gasteiger partial charge on any atom is 0.260 e. The van der Waals surface area contributed by atoms with Gasteiger partial charge < -0.3 is 15.4 Å². The van der Waals surface area contributed by atoms with Gasteiger partial charge in [0.25, 0.3) is 5.56 Å². The highest BCUT2D eigenvalue weighted by atomic mass is 16.5. The molecule has 1 fully saturated rings. The number of aromatic nitrogens is 4. The maximum absolute atomic E-state index is 13.8. The smallest absolute Gasteiger partial charge is 0.260 e. The average Bonchev–Trinajstić information content (AvgIpc) is 2.88. The summed E-state index contributed by atoms with van der Waals surface area (Å²) in [5.74, 6) is 0.486. The molecule has 1 atom stereocenters. The summed E-state index contributed by atoms with van der Waals surface area (Å²) in [6, 6.07) is 14.0. The van der Waals surface area contributed by atoms with Crippen LogP contribution in [0, 0.1) is 13.8 Å². The molecule has 8 heteroatoms. The van der Waals surface area contributed by atoms with Crippen molar-refractivity contribution < 1.29 is 4.74 Å². The average molecular weight is 471 g/mol. The van der Waals surface area contributed by atoms with E-state index in [0.29, 0.717) is 30.3 Å². The minimum Gasteiger partial charge on any atom is -0.376 e. The Morgan fingerprint density at radius 3 is 2.77 bits per heavy atom. The van der Waals surface area contributed by atoms with Gasteiger partial charge in [-0.05, 0) is 55.7 Å². The molecule has 1 saturated heterocycles. The van der Waals surface area contributed by atoms with Crippen LogP contribution < -0.4 is 16.2 Å². The second-order valence-corrected chi connectivity index (χ2v) is 8.92. The van der Waals surface area contributed by atoms with Crippen molar-refractivity contribution in [3.05, 3.63) is 70.3 Å². The Labute approximate surface area is 204 Å². The van der Waals surface area contributed by atoms with Gasteiger partial charge in [0.15, 0.2) is 0 Å². The number of anilines is 1. The molecule has 0 spiro atoms. The Balaban J connectivity index is 1.58. The van der Waals surface area contributed by atoms with Gasteiger partial charge >= 0.3 is 0 Å². The summed E-state index contributed by atoms with van der Waals surface area (Å²) >= 11 is 0. The van der Waals surface area contributed by atoms with Crippen molar-refractivity contribution in [2.75, 3.05) is 32.1 Å². The molecule has 1 unspecified atom stereocenters. The molecule has 5 rings (SSSR count). The summed E-state index contributed by atoms with van der Waals surface area (Å²) in [5.41, 5.74) is 6.04. The van der Waals surface area contributed by atoms with Crippen molar-refractivity contribution >= 4 is 17.0 Å². The van der Waals surface area contributed by atoms with E-state index >= 15 is 0 Å². The summed E-state index contributed by atoms with van der Waals surface area (Å²) in [5, 5.41) is 7.15. The second kappa shape index (κ2) is 9.93. The highest BCUT2D eigenvalue weighted by Crippen LogP contribution is 2.28. The van der Waals surface area contributed by atoms with Gasteiger partial charge in [0.05, 0.1) is 18.4 Å². The first kappa shape index (κ1) is 23.1. The van der Waals surface area contributed by atoms with E-state index in [1.165, 1.54) is 0 Å².